The summed E-state index contributed by atoms with van der Waals surface area (Å²) in [6, 6.07) is 8.17. The number of rotatable bonds is 4. The Morgan fingerprint density at radius 3 is 2.20 bits per heavy atom. The standard InChI is InChI=1S/C14H19NO4S/c15-13(10-6-8-11(9-7-10)14(16)17)20(18,19)12-4-2-1-3-5-12/h1-5,10-11,13H,6-9,15H2,(H,16,17). The molecule has 1 aliphatic rings. The van der Waals surface area contributed by atoms with Crippen molar-refractivity contribution in [3.05, 3.63) is 30.3 Å². The van der Waals surface area contributed by atoms with E-state index < -0.39 is 21.2 Å². The molecule has 5 nitrogen and oxygen atoms in total. The summed E-state index contributed by atoms with van der Waals surface area (Å²) in [6.45, 7) is 0. The lowest BCUT2D eigenvalue weighted by atomic mass is 9.82. The molecule has 1 atom stereocenters. The molecule has 1 unspecified atom stereocenters. The number of benzene rings is 1. The molecule has 0 bridgehead atoms. The fourth-order valence-corrected chi connectivity index (χ4v) is 4.34. The summed E-state index contributed by atoms with van der Waals surface area (Å²) in [5.41, 5.74) is 5.94. The molecule has 0 amide bonds. The Labute approximate surface area is 118 Å². The third-order valence-electron chi connectivity index (χ3n) is 4.02. The van der Waals surface area contributed by atoms with E-state index in [-0.39, 0.29) is 16.7 Å². The number of nitrogens with two attached hydrogens (primary N) is 1. The smallest absolute Gasteiger partial charge is 0.306 e. The zero-order chi connectivity index (χ0) is 14.8. The van der Waals surface area contributed by atoms with Crippen molar-refractivity contribution in [2.45, 2.75) is 36.0 Å². The molecule has 0 saturated heterocycles. The zero-order valence-electron chi connectivity index (χ0n) is 11.1. The molecule has 20 heavy (non-hydrogen) atoms. The zero-order valence-corrected chi connectivity index (χ0v) is 11.9. The second-order valence-corrected chi connectivity index (χ2v) is 7.38. The van der Waals surface area contributed by atoms with Gasteiger partial charge in [0.25, 0.3) is 0 Å². The van der Waals surface area contributed by atoms with Gasteiger partial charge in [0.2, 0.25) is 0 Å². The Kier molecular flexibility index (Phi) is 4.45. The summed E-state index contributed by atoms with van der Waals surface area (Å²) >= 11 is 0. The fourth-order valence-electron chi connectivity index (χ4n) is 2.72. The van der Waals surface area contributed by atoms with E-state index in [0.29, 0.717) is 25.7 Å². The van der Waals surface area contributed by atoms with E-state index in [4.69, 9.17) is 10.8 Å². The van der Waals surface area contributed by atoms with Crippen LogP contribution in [0.15, 0.2) is 35.2 Å². The van der Waals surface area contributed by atoms with Crippen molar-refractivity contribution in [2.75, 3.05) is 0 Å². The van der Waals surface area contributed by atoms with Crippen LogP contribution in [0.2, 0.25) is 0 Å². The molecule has 0 heterocycles. The SMILES string of the molecule is NC(C1CCC(C(=O)O)CC1)S(=O)(=O)c1ccccc1. The highest BCUT2D eigenvalue weighted by Gasteiger charge is 2.35. The molecule has 3 N–H and O–H groups in total. The van der Waals surface area contributed by atoms with Crippen LogP contribution in [0.4, 0.5) is 0 Å². The van der Waals surface area contributed by atoms with Crippen molar-refractivity contribution in [1.29, 1.82) is 0 Å². The molecule has 110 valence electrons. The lowest BCUT2D eigenvalue weighted by molar-refractivity contribution is -0.143. The summed E-state index contributed by atoms with van der Waals surface area (Å²) in [6.07, 6.45) is 2.09. The highest BCUT2D eigenvalue weighted by molar-refractivity contribution is 7.92. The average molecular weight is 297 g/mol. The molecule has 1 aromatic rings. The maximum atomic E-state index is 12.4. The molecular weight excluding hydrogens is 278 g/mol. The van der Waals surface area contributed by atoms with Crippen molar-refractivity contribution in [1.82, 2.24) is 0 Å². The minimum atomic E-state index is -3.55. The lowest BCUT2D eigenvalue weighted by Crippen LogP contribution is -2.40. The van der Waals surface area contributed by atoms with Crippen LogP contribution >= 0.6 is 0 Å². The monoisotopic (exact) mass is 297 g/mol. The summed E-state index contributed by atoms with van der Waals surface area (Å²) in [5, 5.41) is 7.99. The van der Waals surface area contributed by atoms with Gasteiger partial charge in [-0.3, -0.25) is 4.79 Å². The Morgan fingerprint density at radius 2 is 1.70 bits per heavy atom. The van der Waals surface area contributed by atoms with Crippen molar-refractivity contribution >= 4 is 15.8 Å². The highest BCUT2D eigenvalue weighted by atomic mass is 32.2. The van der Waals surface area contributed by atoms with Gasteiger partial charge >= 0.3 is 5.97 Å². The largest absolute Gasteiger partial charge is 0.481 e. The minimum absolute atomic E-state index is 0.171. The fraction of sp³-hybridized carbons (Fsp3) is 0.500. The summed E-state index contributed by atoms with van der Waals surface area (Å²) in [5.74, 6) is -1.34. The summed E-state index contributed by atoms with van der Waals surface area (Å²) in [7, 11) is -3.55. The van der Waals surface area contributed by atoms with Gasteiger partial charge < -0.3 is 10.8 Å². The Hall–Kier alpha value is -1.40. The number of hydrogen-bond donors (Lipinski definition) is 2. The maximum Gasteiger partial charge on any atom is 0.306 e. The van der Waals surface area contributed by atoms with Gasteiger partial charge in [-0.2, -0.15) is 0 Å². The van der Waals surface area contributed by atoms with E-state index >= 15 is 0 Å². The van der Waals surface area contributed by atoms with Gasteiger partial charge in [-0.1, -0.05) is 18.2 Å². The number of sulfone groups is 1. The van der Waals surface area contributed by atoms with E-state index in [1.807, 2.05) is 0 Å². The van der Waals surface area contributed by atoms with Gasteiger partial charge in [0, 0.05) is 0 Å². The number of carboxylic acids is 1. The molecule has 0 aromatic heterocycles. The van der Waals surface area contributed by atoms with Gasteiger partial charge in [0.05, 0.1) is 10.8 Å². The van der Waals surface area contributed by atoms with Crippen molar-refractivity contribution in [3.8, 4) is 0 Å². The van der Waals surface area contributed by atoms with Crippen LogP contribution in [0.25, 0.3) is 0 Å². The molecule has 1 aromatic carbocycles. The van der Waals surface area contributed by atoms with Crippen LogP contribution in [-0.4, -0.2) is 24.9 Å². The predicted molar refractivity (Wildman–Crippen MR) is 74.7 cm³/mol. The predicted octanol–water partition coefficient (Wildman–Crippen LogP) is 1.64. The number of carboxylic acid groups (broad SMARTS) is 1. The third-order valence-corrected chi connectivity index (χ3v) is 6.05. The van der Waals surface area contributed by atoms with Crippen molar-refractivity contribution < 1.29 is 18.3 Å². The number of aliphatic carboxylic acids is 1. The average Bonchev–Trinajstić information content (AvgIpc) is 2.47. The second kappa shape index (κ2) is 5.93. The van der Waals surface area contributed by atoms with Crippen LogP contribution in [0.5, 0.6) is 0 Å². The van der Waals surface area contributed by atoms with Crippen molar-refractivity contribution in [3.63, 3.8) is 0 Å². The Bertz CT molecular complexity index is 562. The van der Waals surface area contributed by atoms with Gasteiger partial charge in [0.1, 0.15) is 5.37 Å². The van der Waals surface area contributed by atoms with Crippen LogP contribution in [0.3, 0.4) is 0 Å². The molecule has 1 saturated carbocycles. The summed E-state index contributed by atoms with van der Waals surface area (Å²) in [4.78, 5) is 11.1. The Balaban J connectivity index is 2.09. The van der Waals surface area contributed by atoms with Crippen LogP contribution in [0, 0.1) is 11.8 Å². The minimum Gasteiger partial charge on any atom is -0.481 e. The molecule has 6 heteroatoms. The van der Waals surface area contributed by atoms with E-state index in [1.165, 1.54) is 12.1 Å². The first kappa shape index (κ1) is 15.0. The molecule has 1 aliphatic carbocycles. The molecule has 2 rings (SSSR count). The molecule has 0 spiro atoms. The van der Waals surface area contributed by atoms with Gasteiger partial charge in [0.15, 0.2) is 9.84 Å². The first-order valence-corrected chi connectivity index (χ1v) is 8.25. The van der Waals surface area contributed by atoms with E-state index in [1.54, 1.807) is 18.2 Å². The second-order valence-electron chi connectivity index (χ2n) is 5.27. The van der Waals surface area contributed by atoms with Gasteiger partial charge in [-0.25, -0.2) is 8.42 Å². The van der Waals surface area contributed by atoms with Gasteiger partial charge in [-0.15, -0.1) is 0 Å². The molecule has 0 radical (unpaired) electrons. The maximum absolute atomic E-state index is 12.4. The topological polar surface area (TPSA) is 97.5 Å². The van der Waals surface area contributed by atoms with Crippen molar-refractivity contribution in [2.24, 2.45) is 17.6 Å². The quantitative estimate of drug-likeness (QED) is 0.880. The van der Waals surface area contributed by atoms with E-state index in [9.17, 15) is 13.2 Å². The Morgan fingerprint density at radius 1 is 1.15 bits per heavy atom. The lowest BCUT2D eigenvalue weighted by Gasteiger charge is -2.30. The summed E-state index contributed by atoms with van der Waals surface area (Å²) < 4.78 is 24.8. The third kappa shape index (κ3) is 3.02. The van der Waals surface area contributed by atoms with Crippen LogP contribution in [-0.2, 0) is 14.6 Å². The van der Waals surface area contributed by atoms with E-state index in [0.717, 1.165) is 0 Å². The normalized spacial score (nSPS) is 25.1. The number of carbonyl (C=O) groups is 1. The molecule has 0 aliphatic heterocycles. The molecule has 1 fully saturated rings. The van der Waals surface area contributed by atoms with E-state index in [2.05, 4.69) is 0 Å². The first-order valence-electron chi connectivity index (χ1n) is 6.70. The van der Waals surface area contributed by atoms with Crippen LogP contribution in [0.1, 0.15) is 25.7 Å². The highest BCUT2D eigenvalue weighted by Crippen LogP contribution is 2.33. The number of hydrogen-bond acceptors (Lipinski definition) is 4. The van der Waals surface area contributed by atoms with Crippen LogP contribution < -0.4 is 5.73 Å². The molecular formula is C14H19NO4S. The van der Waals surface area contributed by atoms with Gasteiger partial charge in [-0.05, 0) is 43.7 Å². The first-order chi connectivity index (χ1) is 9.43.